The Morgan fingerprint density at radius 1 is 1.12 bits per heavy atom. The summed E-state index contributed by atoms with van der Waals surface area (Å²) >= 11 is 0. The van der Waals surface area contributed by atoms with Crippen molar-refractivity contribution in [1.29, 1.82) is 0 Å². The molecule has 0 radical (unpaired) electrons. The number of urea groups is 1. The number of rotatable bonds is 3. The van der Waals surface area contributed by atoms with Crippen LogP contribution in [0.15, 0.2) is 55.0 Å². The maximum Gasteiger partial charge on any atom is 0.332 e. The number of amides is 3. The van der Waals surface area contributed by atoms with Crippen molar-refractivity contribution in [2.45, 2.75) is 19.5 Å². The van der Waals surface area contributed by atoms with Crippen LogP contribution in [-0.2, 0) is 11.3 Å². The summed E-state index contributed by atoms with van der Waals surface area (Å²) in [5.41, 5.74) is 1.33. The Hall–Kier alpha value is -3.22. The van der Waals surface area contributed by atoms with Crippen LogP contribution in [0.3, 0.4) is 0 Å². The summed E-state index contributed by atoms with van der Waals surface area (Å²) in [5.74, 6) is 0.313. The molecule has 0 spiro atoms. The third kappa shape index (κ3) is 2.21. The Morgan fingerprint density at radius 2 is 1.92 bits per heavy atom. The summed E-state index contributed by atoms with van der Waals surface area (Å²) < 4.78 is 1.76. The van der Waals surface area contributed by atoms with Crippen molar-refractivity contribution >= 4 is 23.4 Å². The molecule has 24 heavy (non-hydrogen) atoms. The van der Waals surface area contributed by atoms with Crippen molar-refractivity contribution in [3.05, 3.63) is 60.7 Å². The van der Waals surface area contributed by atoms with Crippen LogP contribution < -0.4 is 4.90 Å². The highest BCUT2D eigenvalue weighted by atomic mass is 16.2. The summed E-state index contributed by atoms with van der Waals surface area (Å²) in [6.45, 7) is 1.87. The summed E-state index contributed by atoms with van der Waals surface area (Å²) in [5, 5.41) is 0. The van der Waals surface area contributed by atoms with Crippen LogP contribution in [0.25, 0.3) is 5.78 Å². The van der Waals surface area contributed by atoms with E-state index in [0.29, 0.717) is 17.2 Å². The molecule has 7 heteroatoms. The number of imidazole rings is 1. The largest absolute Gasteiger partial charge is 0.332 e. The lowest BCUT2D eigenvalue weighted by atomic mass is 10.2. The highest BCUT2D eigenvalue weighted by Crippen LogP contribution is 2.26. The van der Waals surface area contributed by atoms with E-state index in [1.54, 1.807) is 29.8 Å². The summed E-state index contributed by atoms with van der Waals surface area (Å²) in [6, 6.07) is 10.1. The van der Waals surface area contributed by atoms with Crippen molar-refractivity contribution in [3.63, 3.8) is 0 Å². The van der Waals surface area contributed by atoms with Gasteiger partial charge in [-0.05, 0) is 25.1 Å². The zero-order valence-corrected chi connectivity index (χ0v) is 13.0. The minimum Gasteiger partial charge on any atom is -0.291 e. The van der Waals surface area contributed by atoms with E-state index in [4.69, 9.17) is 0 Å². The highest BCUT2D eigenvalue weighted by Gasteiger charge is 2.43. The van der Waals surface area contributed by atoms with Crippen LogP contribution in [-0.4, -0.2) is 37.2 Å². The molecule has 1 aliphatic heterocycles. The number of imide groups is 1. The Kier molecular flexibility index (Phi) is 3.26. The Balaban J connectivity index is 1.63. The predicted octanol–water partition coefficient (Wildman–Crippen LogP) is 2.09. The number of hydrogen-bond donors (Lipinski definition) is 0. The van der Waals surface area contributed by atoms with Gasteiger partial charge in [0.25, 0.3) is 5.91 Å². The topological polar surface area (TPSA) is 70.8 Å². The third-order valence-corrected chi connectivity index (χ3v) is 4.09. The minimum atomic E-state index is -0.532. The van der Waals surface area contributed by atoms with Gasteiger partial charge in [0.1, 0.15) is 6.04 Å². The third-order valence-electron chi connectivity index (χ3n) is 4.09. The van der Waals surface area contributed by atoms with Gasteiger partial charge in [-0.1, -0.05) is 18.2 Å². The van der Waals surface area contributed by atoms with Gasteiger partial charge in [-0.15, -0.1) is 0 Å². The van der Waals surface area contributed by atoms with Gasteiger partial charge in [0.05, 0.1) is 12.2 Å². The van der Waals surface area contributed by atoms with Crippen LogP contribution in [0.2, 0.25) is 0 Å². The van der Waals surface area contributed by atoms with Gasteiger partial charge in [-0.2, -0.15) is 0 Å². The second-order valence-electron chi connectivity index (χ2n) is 5.65. The Morgan fingerprint density at radius 3 is 2.67 bits per heavy atom. The van der Waals surface area contributed by atoms with Crippen LogP contribution >= 0.6 is 0 Å². The number of hydrogen-bond acceptors (Lipinski definition) is 4. The van der Waals surface area contributed by atoms with Gasteiger partial charge in [0, 0.05) is 24.3 Å². The van der Waals surface area contributed by atoms with Crippen LogP contribution in [0.1, 0.15) is 12.6 Å². The van der Waals surface area contributed by atoms with E-state index in [2.05, 4.69) is 9.97 Å². The lowest BCUT2D eigenvalue weighted by molar-refractivity contribution is -0.127. The van der Waals surface area contributed by atoms with Crippen molar-refractivity contribution in [1.82, 2.24) is 19.3 Å². The van der Waals surface area contributed by atoms with Crippen LogP contribution in [0.5, 0.6) is 0 Å². The molecular formula is C17H15N5O2. The van der Waals surface area contributed by atoms with Gasteiger partial charge >= 0.3 is 6.03 Å². The van der Waals surface area contributed by atoms with E-state index >= 15 is 0 Å². The number of benzene rings is 1. The van der Waals surface area contributed by atoms with Gasteiger partial charge < -0.3 is 0 Å². The molecule has 3 aromatic rings. The maximum atomic E-state index is 12.7. The number of aromatic nitrogens is 3. The van der Waals surface area contributed by atoms with Crippen LogP contribution in [0.4, 0.5) is 10.5 Å². The van der Waals surface area contributed by atoms with Crippen molar-refractivity contribution in [2.75, 3.05) is 4.90 Å². The monoisotopic (exact) mass is 321 g/mol. The molecule has 4 rings (SSSR count). The summed E-state index contributed by atoms with van der Waals surface area (Å²) in [4.78, 5) is 36.5. The van der Waals surface area contributed by atoms with E-state index in [1.807, 2.05) is 36.5 Å². The maximum absolute atomic E-state index is 12.7. The molecule has 1 saturated heterocycles. The zero-order chi connectivity index (χ0) is 16.7. The van der Waals surface area contributed by atoms with E-state index in [1.165, 1.54) is 9.80 Å². The van der Waals surface area contributed by atoms with Crippen molar-refractivity contribution < 1.29 is 9.59 Å². The lowest BCUT2D eigenvalue weighted by Crippen LogP contribution is -2.33. The van der Waals surface area contributed by atoms with Gasteiger partial charge in [-0.25, -0.2) is 14.8 Å². The second-order valence-corrected chi connectivity index (χ2v) is 5.65. The first-order valence-corrected chi connectivity index (χ1v) is 7.63. The number of anilines is 1. The zero-order valence-electron chi connectivity index (χ0n) is 13.0. The molecule has 0 saturated carbocycles. The molecule has 120 valence electrons. The molecular weight excluding hydrogens is 306 g/mol. The molecule has 3 amide bonds. The lowest BCUT2D eigenvalue weighted by Gasteiger charge is -2.19. The molecule has 0 bridgehead atoms. The van der Waals surface area contributed by atoms with Gasteiger partial charge in [0.2, 0.25) is 5.78 Å². The molecule has 1 atom stereocenters. The van der Waals surface area contributed by atoms with E-state index in [0.717, 1.165) is 0 Å². The first kappa shape index (κ1) is 14.4. The first-order chi connectivity index (χ1) is 11.6. The molecule has 1 aromatic carbocycles. The van der Waals surface area contributed by atoms with Crippen LogP contribution in [0, 0.1) is 0 Å². The Bertz CT molecular complexity index is 888. The van der Waals surface area contributed by atoms with Gasteiger partial charge in [-0.3, -0.25) is 19.0 Å². The second kappa shape index (κ2) is 5.45. The number of nitrogens with zero attached hydrogens (tertiary/aromatic N) is 5. The fourth-order valence-electron chi connectivity index (χ4n) is 2.91. The SMILES string of the molecule is CC1C(=O)N(Cc2cn3cccnc3n2)C(=O)N1c1ccccc1. The highest BCUT2D eigenvalue weighted by molar-refractivity contribution is 6.13. The molecule has 1 unspecified atom stereocenters. The molecule has 1 aliphatic rings. The van der Waals surface area contributed by atoms with Gasteiger partial charge in [0.15, 0.2) is 0 Å². The fraction of sp³-hybridized carbons (Fsp3) is 0.176. The standard InChI is InChI=1S/C17H15N5O2/c1-12-15(23)21(17(24)22(12)14-6-3-2-4-7-14)11-13-10-20-9-5-8-18-16(20)19-13/h2-10,12H,11H2,1H3. The number of carbonyl (C=O) groups excluding carboxylic acids is 2. The molecule has 1 fully saturated rings. The van der Waals surface area contributed by atoms with E-state index < -0.39 is 6.04 Å². The number of para-hydroxylation sites is 1. The van der Waals surface area contributed by atoms with E-state index in [-0.39, 0.29) is 18.5 Å². The fourth-order valence-corrected chi connectivity index (χ4v) is 2.91. The molecule has 0 aliphatic carbocycles. The van der Waals surface area contributed by atoms with Crippen molar-refractivity contribution in [2.24, 2.45) is 0 Å². The predicted molar refractivity (Wildman–Crippen MR) is 87.3 cm³/mol. The normalized spacial score (nSPS) is 18.0. The number of carbonyl (C=O) groups is 2. The molecule has 0 N–H and O–H groups in total. The quantitative estimate of drug-likeness (QED) is 0.693. The smallest absolute Gasteiger partial charge is 0.291 e. The first-order valence-electron chi connectivity index (χ1n) is 7.63. The summed E-state index contributed by atoms with van der Waals surface area (Å²) in [6.07, 6.45) is 5.25. The molecule has 3 heterocycles. The average Bonchev–Trinajstić information content (AvgIpc) is 3.10. The number of fused-ring (bicyclic) bond motifs is 1. The average molecular weight is 321 g/mol. The summed E-state index contributed by atoms with van der Waals surface area (Å²) in [7, 11) is 0. The molecule has 7 nitrogen and oxygen atoms in total. The Labute approximate surface area is 138 Å². The molecule has 2 aromatic heterocycles. The minimum absolute atomic E-state index is 0.134. The van der Waals surface area contributed by atoms with E-state index in [9.17, 15) is 9.59 Å². The van der Waals surface area contributed by atoms with Crippen molar-refractivity contribution in [3.8, 4) is 0 Å².